The van der Waals surface area contributed by atoms with Gasteiger partial charge in [0.05, 0.1) is 5.69 Å². The molecule has 2 rings (SSSR count). The molecule has 1 unspecified atom stereocenters. The molecule has 5 heteroatoms. The molecule has 20 heavy (non-hydrogen) atoms. The fourth-order valence-electron chi connectivity index (χ4n) is 2.64. The Bertz CT molecular complexity index is 473. The Kier molecular flexibility index (Phi) is 4.95. The molecule has 1 heterocycles. The molecule has 0 aliphatic carbocycles. The van der Waals surface area contributed by atoms with Gasteiger partial charge >= 0.3 is 5.97 Å². The van der Waals surface area contributed by atoms with Crippen molar-refractivity contribution < 1.29 is 14.3 Å². The highest BCUT2D eigenvalue weighted by Crippen LogP contribution is 2.19. The van der Waals surface area contributed by atoms with Crippen molar-refractivity contribution in [2.45, 2.75) is 19.8 Å². The van der Waals surface area contributed by atoms with Crippen molar-refractivity contribution in [1.82, 2.24) is 4.90 Å². The lowest BCUT2D eigenvalue weighted by molar-refractivity contribution is 0.0693. The highest BCUT2D eigenvalue weighted by atomic mass is 19.1. The summed E-state index contributed by atoms with van der Waals surface area (Å²) in [4.78, 5) is 13.5. The van der Waals surface area contributed by atoms with Crippen LogP contribution in [0.4, 0.5) is 10.1 Å². The Morgan fingerprint density at radius 3 is 2.80 bits per heavy atom. The van der Waals surface area contributed by atoms with Crippen LogP contribution in [-0.2, 0) is 0 Å². The van der Waals surface area contributed by atoms with Gasteiger partial charge in [-0.05, 0) is 44.0 Å². The van der Waals surface area contributed by atoms with E-state index in [0.717, 1.165) is 19.6 Å². The van der Waals surface area contributed by atoms with Crippen LogP contribution < -0.4 is 5.32 Å². The molecule has 1 aliphatic heterocycles. The van der Waals surface area contributed by atoms with Crippen LogP contribution in [0.3, 0.4) is 0 Å². The quantitative estimate of drug-likeness (QED) is 0.841. The average molecular weight is 280 g/mol. The third-order valence-corrected chi connectivity index (χ3v) is 3.64. The van der Waals surface area contributed by atoms with Gasteiger partial charge in [-0.25, -0.2) is 9.18 Å². The van der Waals surface area contributed by atoms with Gasteiger partial charge in [0.2, 0.25) is 0 Å². The van der Waals surface area contributed by atoms with Crippen molar-refractivity contribution in [3.05, 3.63) is 29.6 Å². The van der Waals surface area contributed by atoms with Crippen LogP contribution in [0.5, 0.6) is 0 Å². The molecule has 0 bridgehead atoms. The predicted molar refractivity (Wildman–Crippen MR) is 76.7 cm³/mol. The number of anilines is 1. The van der Waals surface area contributed by atoms with Gasteiger partial charge in [0.15, 0.2) is 0 Å². The molecule has 1 aliphatic rings. The topological polar surface area (TPSA) is 52.6 Å². The Hall–Kier alpha value is -1.62. The van der Waals surface area contributed by atoms with Crippen LogP contribution in [0.15, 0.2) is 18.2 Å². The van der Waals surface area contributed by atoms with Crippen LogP contribution in [-0.4, -0.2) is 42.2 Å². The highest BCUT2D eigenvalue weighted by molar-refractivity contribution is 5.94. The minimum Gasteiger partial charge on any atom is -0.478 e. The van der Waals surface area contributed by atoms with Crippen molar-refractivity contribution in [2.75, 3.05) is 31.5 Å². The third-order valence-electron chi connectivity index (χ3n) is 3.64. The second kappa shape index (κ2) is 6.70. The normalized spacial score (nSPS) is 17.1. The molecule has 0 spiro atoms. The number of nitrogens with one attached hydrogen (secondary N) is 1. The van der Waals surface area contributed by atoms with Crippen LogP contribution in [0.1, 0.15) is 30.1 Å². The summed E-state index contributed by atoms with van der Waals surface area (Å²) in [5.74, 6) is -1.55. The van der Waals surface area contributed by atoms with E-state index in [-0.39, 0.29) is 5.56 Å². The summed E-state index contributed by atoms with van der Waals surface area (Å²) < 4.78 is 13.5. The molecule has 0 amide bonds. The van der Waals surface area contributed by atoms with E-state index >= 15 is 0 Å². The maximum Gasteiger partial charge on any atom is 0.340 e. The summed E-state index contributed by atoms with van der Waals surface area (Å²) in [5.41, 5.74) is 0.0756. The molecule has 4 nitrogen and oxygen atoms in total. The molecule has 1 fully saturated rings. The van der Waals surface area contributed by atoms with Crippen LogP contribution in [0.25, 0.3) is 0 Å². The largest absolute Gasteiger partial charge is 0.478 e. The number of nitrogens with zero attached hydrogens (tertiary/aromatic N) is 1. The number of hydrogen-bond donors (Lipinski definition) is 2. The first-order valence-corrected chi connectivity index (χ1v) is 7.06. The maximum atomic E-state index is 13.5. The van der Waals surface area contributed by atoms with Gasteiger partial charge in [-0.2, -0.15) is 0 Å². The van der Waals surface area contributed by atoms with E-state index in [1.54, 1.807) is 6.07 Å². The van der Waals surface area contributed by atoms with E-state index < -0.39 is 11.8 Å². The van der Waals surface area contributed by atoms with Gasteiger partial charge < -0.3 is 15.3 Å². The Labute approximate surface area is 118 Å². The monoisotopic (exact) mass is 280 g/mol. The molecule has 1 aromatic rings. The second-order valence-corrected chi connectivity index (χ2v) is 5.46. The number of rotatable bonds is 6. The fourth-order valence-corrected chi connectivity index (χ4v) is 2.64. The van der Waals surface area contributed by atoms with E-state index in [1.807, 2.05) is 0 Å². The Morgan fingerprint density at radius 2 is 2.15 bits per heavy atom. The molecule has 1 saturated heterocycles. The summed E-state index contributed by atoms with van der Waals surface area (Å²) in [6.45, 7) is 6.03. The number of carboxylic acid groups (broad SMARTS) is 1. The summed E-state index contributed by atoms with van der Waals surface area (Å²) in [5, 5.41) is 12.1. The van der Waals surface area contributed by atoms with Crippen LogP contribution >= 0.6 is 0 Å². The van der Waals surface area contributed by atoms with Crippen molar-refractivity contribution in [3.8, 4) is 0 Å². The average Bonchev–Trinajstić information content (AvgIpc) is 2.88. The second-order valence-electron chi connectivity index (χ2n) is 5.46. The first kappa shape index (κ1) is 14.8. The minimum absolute atomic E-state index is 0.277. The molecule has 0 saturated carbocycles. The molecule has 0 radical (unpaired) electrons. The van der Waals surface area contributed by atoms with E-state index in [2.05, 4.69) is 17.1 Å². The number of hydrogen-bond acceptors (Lipinski definition) is 3. The van der Waals surface area contributed by atoms with Crippen molar-refractivity contribution >= 4 is 11.7 Å². The maximum absolute atomic E-state index is 13.5. The van der Waals surface area contributed by atoms with E-state index in [0.29, 0.717) is 18.2 Å². The van der Waals surface area contributed by atoms with Crippen molar-refractivity contribution in [3.63, 3.8) is 0 Å². The van der Waals surface area contributed by atoms with Crippen molar-refractivity contribution in [2.24, 2.45) is 5.92 Å². The van der Waals surface area contributed by atoms with Gasteiger partial charge in [0, 0.05) is 13.1 Å². The van der Waals surface area contributed by atoms with Gasteiger partial charge in [-0.3, -0.25) is 0 Å². The molecular formula is C15H21FN2O2. The van der Waals surface area contributed by atoms with Crippen LogP contribution in [0, 0.1) is 11.7 Å². The molecule has 110 valence electrons. The summed E-state index contributed by atoms with van der Waals surface area (Å²) >= 11 is 0. The summed E-state index contributed by atoms with van der Waals surface area (Å²) in [6.07, 6.45) is 2.51. The first-order valence-electron chi connectivity index (χ1n) is 7.06. The molecule has 1 atom stereocenters. The first-order chi connectivity index (χ1) is 9.58. The fraction of sp³-hybridized carbons (Fsp3) is 0.533. The number of carbonyl (C=O) groups is 1. The Balaban J connectivity index is 1.93. The van der Waals surface area contributed by atoms with Gasteiger partial charge in [0.1, 0.15) is 11.4 Å². The zero-order valence-corrected chi connectivity index (χ0v) is 11.7. The highest BCUT2D eigenvalue weighted by Gasteiger charge is 2.17. The molecule has 2 N–H and O–H groups in total. The predicted octanol–water partition coefficient (Wildman–Crippen LogP) is 2.67. The van der Waals surface area contributed by atoms with E-state index in [1.165, 1.54) is 25.0 Å². The smallest absolute Gasteiger partial charge is 0.340 e. The standard InChI is InChI=1S/C15H21FN2O2/c1-11(10-18-7-2-3-8-18)9-17-13-6-4-5-12(16)14(13)15(19)20/h4-6,11,17H,2-3,7-10H2,1H3,(H,19,20). The van der Waals surface area contributed by atoms with Gasteiger partial charge in [-0.1, -0.05) is 13.0 Å². The van der Waals surface area contributed by atoms with Crippen LogP contribution in [0.2, 0.25) is 0 Å². The summed E-state index contributed by atoms with van der Waals surface area (Å²) in [7, 11) is 0. The lowest BCUT2D eigenvalue weighted by Crippen LogP contribution is -2.29. The number of benzene rings is 1. The number of halogens is 1. The Morgan fingerprint density at radius 1 is 1.45 bits per heavy atom. The third kappa shape index (κ3) is 3.70. The van der Waals surface area contributed by atoms with Crippen molar-refractivity contribution in [1.29, 1.82) is 0 Å². The van der Waals surface area contributed by atoms with Gasteiger partial charge in [0.25, 0.3) is 0 Å². The zero-order chi connectivity index (χ0) is 14.5. The SMILES string of the molecule is CC(CNc1cccc(F)c1C(=O)O)CN1CCCC1. The van der Waals surface area contributed by atoms with E-state index in [9.17, 15) is 9.18 Å². The molecule has 0 aromatic heterocycles. The number of carboxylic acids is 1. The lowest BCUT2D eigenvalue weighted by Gasteiger charge is -2.21. The lowest BCUT2D eigenvalue weighted by atomic mass is 10.1. The van der Waals surface area contributed by atoms with Gasteiger partial charge in [-0.15, -0.1) is 0 Å². The minimum atomic E-state index is -1.24. The molecule has 1 aromatic carbocycles. The number of aromatic carboxylic acids is 1. The number of likely N-dealkylation sites (tertiary alicyclic amines) is 1. The molecular weight excluding hydrogens is 259 g/mol. The van der Waals surface area contributed by atoms with E-state index in [4.69, 9.17) is 5.11 Å². The zero-order valence-electron chi connectivity index (χ0n) is 11.7. The summed E-state index contributed by atoms with van der Waals surface area (Å²) in [6, 6.07) is 4.30.